The molecule has 0 saturated heterocycles. The molecule has 1 amide bonds. The molecule has 1 aromatic rings. The first kappa shape index (κ1) is 20.6. The number of nitrogens with two attached hydrogens (primary N) is 1. The van der Waals surface area contributed by atoms with E-state index in [2.05, 4.69) is 4.74 Å². The van der Waals surface area contributed by atoms with Gasteiger partial charge in [-0.15, -0.1) is 12.4 Å². The third kappa shape index (κ3) is 5.31. The summed E-state index contributed by atoms with van der Waals surface area (Å²) in [7, 11) is 1.75. The first-order valence-corrected chi connectivity index (χ1v) is 7.87. The van der Waals surface area contributed by atoms with Gasteiger partial charge in [0.25, 0.3) is 0 Å². The Morgan fingerprint density at radius 3 is 2.54 bits per heavy atom. The molecule has 0 radical (unpaired) electrons. The van der Waals surface area contributed by atoms with Crippen LogP contribution in [0.5, 0.6) is 5.75 Å². The van der Waals surface area contributed by atoms with Crippen LogP contribution >= 0.6 is 12.4 Å². The number of rotatable bonds is 5. The SMILES string of the molecule is CN(Cc1ccc(OC(F)F)cc1)C(=O)C1CCCCC1(C)N.Cl. The van der Waals surface area contributed by atoms with E-state index in [1.165, 1.54) is 12.1 Å². The molecule has 1 aromatic carbocycles. The topological polar surface area (TPSA) is 55.6 Å². The van der Waals surface area contributed by atoms with Gasteiger partial charge in [0.1, 0.15) is 5.75 Å². The van der Waals surface area contributed by atoms with Crippen LogP contribution in [-0.2, 0) is 11.3 Å². The minimum Gasteiger partial charge on any atom is -0.435 e. The van der Waals surface area contributed by atoms with Crippen molar-refractivity contribution in [3.8, 4) is 5.75 Å². The van der Waals surface area contributed by atoms with Crippen LogP contribution in [0.3, 0.4) is 0 Å². The van der Waals surface area contributed by atoms with Crippen LogP contribution in [0.15, 0.2) is 24.3 Å². The molecule has 2 N–H and O–H groups in total. The second kappa shape index (κ2) is 8.62. The van der Waals surface area contributed by atoms with Crippen LogP contribution in [0.25, 0.3) is 0 Å². The molecule has 24 heavy (non-hydrogen) atoms. The maximum Gasteiger partial charge on any atom is 0.387 e. The Labute approximate surface area is 147 Å². The van der Waals surface area contributed by atoms with Gasteiger partial charge in [-0.2, -0.15) is 8.78 Å². The minimum absolute atomic E-state index is 0. The molecule has 7 heteroatoms. The molecule has 0 bridgehead atoms. The van der Waals surface area contributed by atoms with Crippen LogP contribution < -0.4 is 10.5 Å². The zero-order valence-corrected chi connectivity index (χ0v) is 14.8. The van der Waals surface area contributed by atoms with E-state index in [1.54, 1.807) is 24.1 Å². The molecule has 2 unspecified atom stereocenters. The molecule has 1 aliphatic carbocycles. The van der Waals surface area contributed by atoms with Crippen molar-refractivity contribution in [2.75, 3.05) is 7.05 Å². The summed E-state index contributed by atoms with van der Waals surface area (Å²) in [5.74, 6) is -0.00941. The number of carbonyl (C=O) groups excluding carboxylic acids is 1. The molecular formula is C17H25ClF2N2O2. The normalized spacial score (nSPS) is 23.5. The average Bonchev–Trinajstić information content (AvgIpc) is 2.47. The van der Waals surface area contributed by atoms with E-state index >= 15 is 0 Å². The Balaban J connectivity index is 0.00000288. The van der Waals surface area contributed by atoms with Gasteiger partial charge in [-0.05, 0) is 37.5 Å². The summed E-state index contributed by atoms with van der Waals surface area (Å²) >= 11 is 0. The summed E-state index contributed by atoms with van der Waals surface area (Å²) < 4.78 is 28.6. The summed E-state index contributed by atoms with van der Waals surface area (Å²) in [6, 6.07) is 6.33. The number of hydrogen-bond acceptors (Lipinski definition) is 3. The lowest BCUT2D eigenvalue weighted by atomic mass is 9.74. The van der Waals surface area contributed by atoms with Crippen molar-refractivity contribution < 1.29 is 18.3 Å². The fraction of sp³-hybridized carbons (Fsp3) is 0.588. The van der Waals surface area contributed by atoms with E-state index in [-0.39, 0.29) is 30.0 Å². The van der Waals surface area contributed by atoms with Crippen molar-refractivity contribution >= 4 is 18.3 Å². The molecule has 0 aliphatic heterocycles. The van der Waals surface area contributed by atoms with Crippen molar-refractivity contribution in [1.82, 2.24) is 4.90 Å². The Hall–Kier alpha value is -1.40. The molecular weight excluding hydrogens is 338 g/mol. The molecule has 2 atom stereocenters. The number of benzene rings is 1. The maximum atomic E-state index is 12.7. The number of carbonyl (C=O) groups is 1. The molecule has 1 fully saturated rings. The van der Waals surface area contributed by atoms with Crippen molar-refractivity contribution in [2.45, 2.75) is 51.3 Å². The number of halogens is 3. The smallest absolute Gasteiger partial charge is 0.387 e. The van der Waals surface area contributed by atoms with Crippen LogP contribution in [-0.4, -0.2) is 30.0 Å². The van der Waals surface area contributed by atoms with Gasteiger partial charge in [-0.1, -0.05) is 25.0 Å². The Kier molecular flexibility index (Phi) is 7.42. The molecule has 0 spiro atoms. The van der Waals surface area contributed by atoms with Crippen molar-refractivity contribution in [2.24, 2.45) is 11.7 Å². The Morgan fingerprint density at radius 2 is 2.00 bits per heavy atom. The van der Waals surface area contributed by atoms with Crippen LogP contribution in [0.2, 0.25) is 0 Å². The number of nitrogens with zero attached hydrogens (tertiary/aromatic N) is 1. The fourth-order valence-electron chi connectivity index (χ4n) is 3.16. The second-order valence-electron chi connectivity index (χ2n) is 6.52. The van der Waals surface area contributed by atoms with Gasteiger partial charge in [0.15, 0.2) is 0 Å². The van der Waals surface area contributed by atoms with Crippen LogP contribution in [0.4, 0.5) is 8.78 Å². The molecule has 1 aliphatic rings. The summed E-state index contributed by atoms with van der Waals surface area (Å²) in [6.07, 6.45) is 3.76. The first-order valence-electron chi connectivity index (χ1n) is 7.87. The lowest BCUT2D eigenvalue weighted by molar-refractivity contribution is -0.138. The largest absolute Gasteiger partial charge is 0.435 e. The van der Waals surface area contributed by atoms with E-state index < -0.39 is 12.2 Å². The lowest BCUT2D eigenvalue weighted by Gasteiger charge is -2.39. The fourth-order valence-corrected chi connectivity index (χ4v) is 3.16. The Bertz CT molecular complexity index is 538. The lowest BCUT2D eigenvalue weighted by Crippen LogP contribution is -2.53. The highest BCUT2D eigenvalue weighted by atomic mass is 35.5. The number of alkyl halides is 2. The van der Waals surface area contributed by atoms with Gasteiger partial charge in [-0.25, -0.2) is 0 Å². The zero-order valence-electron chi connectivity index (χ0n) is 14.0. The predicted octanol–water partition coefficient (Wildman–Crippen LogP) is 3.58. The summed E-state index contributed by atoms with van der Waals surface area (Å²) in [6.45, 7) is -0.474. The molecule has 0 aromatic heterocycles. The highest BCUT2D eigenvalue weighted by Gasteiger charge is 2.39. The third-order valence-electron chi connectivity index (χ3n) is 4.50. The van der Waals surface area contributed by atoms with Gasteiger partial charge in [0.05, 0.1) is 5.92 Å². The third-order valence-corrected chi connectivity index (χ3v) is 4.50. The quantitative estimate of drug-likeness (QED) is 0.871. The van der Waals surface area contributed by atoms with Crippen molar-refractivity contribution in [3.63, 3.8) is 0 Å². The minimum atomic E-state index is -2.83. The van der Waals surface area contributed by atoms with Gasteiger partial charge >= 0.3 is 6.61 Å². The maximum absolute atomic E-state index is 12.7. The number of hydrogen-bond donors (Lipinski definition) is 1. The van der Waals surface area contributed by atoms with E-state index in [4.69, 9.17) is 5.73 Å². The standard InChI is InChI=1S/C17H24F2N2O2.ClH/c1-17(20)10-4-3-5-14(17)15(22)21(2)11-12-6-8-13(9-7-12)23-16(18)19;/h6-9,14,16H,3-5,10-11,20H2,1-2H3;1H. The van der Waals surface area contributed by atoms with Crippen molar-refractivity contribution in [3.05, 3.63) is 29.8 Å². The van der Waals surface area contributed by atoms with E-state index in [9.17, 15) is 13.6 Å². The van der Waals surface area contributed by atoms with E-state index in [0.29, 0.717) is 6.54 Å². The van der Waals surface area contributed by atoms with Gasteiger partial charge < -0.3 is 15.4 Å². The highest BCUT2D eigenvalue weighted by molar-refractivity contribution is 5.85. The number of amides is 1. The van der Waals surface area contributed by atoms with E-state index in [1.807, 2.05) is 6.92 Å². The zero-order chi connectivity index (χ0) is 17.0. The average molecular weight is 363 g/mol. The van der Waals surface area contributed by atoms with Crippen LogP contribution in [0.1, 0.15) is 38.2 Å². The summed E-state index contributed by atoms with van der Waals surface area (Å²) in [5, 5.41) is 0. The molecule has 2 rings (SSSR count). The van der Waals surface area contributed by atoms with Gasteiger partial charge in [0.2, 0.25) is 5.91 Å². The predicted molar refractivity (Wildman–Crippen MR) is 91.3 cm³/mol. The molecule has 4 nitrogen and oxygen atoms in total. The van der Waals surface area contributed by atoms with Gasteiger partial charge in [-0.3, -0.25) is 4.79 Å². The summed E-state index contributed by atoms with van der Waals surface area (Å²) in [5.41, 5.74) is 6.68. The van der Waals surface area contributed by atoms with Crippen LogP contribution in [0, 0.1) is 5.92 Å². The van der Waals surface area contributed by atoms with E-state index in [0.717, 1.165) is 31.2 Å². The summed E-state index contributed by atoms with van der Waals surface area (Å²) in [4.78, 5) is 14.3. The second-order valence-corrected chi connectivity index (χ2v) is 6.52. The monoisotopic (exact) mass is 362 g/mol. The highest BCUT2D eigenvalue weighted by Crippen LogP contribution is 2.33. The first-order chi connectivity index (χ1) is 10.8. The molecule has 1 saturated carbocycles. The molecule has 136 valence electrons. The number of ether oxygens (including phenoxy) is 1. The van der Waals surface area contributed by atoms with Crippen molar-refractivity contribution in [1.29, 1.82) is 0 Å². The van der Waals surface area contributed by atoms with Gasteiger partial charge in [0, 0.05) is 19.1 Å². The molecule has 0 heterocycles. The Morgan fingerprint density at radius 1 is 1.38 bits per heavy atom.